The Balaban J connectivity index is 1.89. The van der Waals surface area contributed by atoms with Crippen LogP contribution in [-0.2, 0) is 9.53 Å². The number of piperidine rings is 1. The number of allylic oxidation sites excluding steroid dienone is 3. The summed E-state index contributed by atoms with van der Waals surface area (Å²) >= 11 is 0. The summed E-state index contributed by atoms with van der Waals surface area (Å²) in [5.74, 6) is -0.259. The molecule has 2 fully saturated rings. The Labute approximate surface area is 143 Å². The molecule has 2 saturated heterocycles. The summed E-state index contributed by atoms with van der Waals surface area (Å²) in [4.78, 5) is 16.3. The normalized spacial score (nSPS) is 20.7. The van der Waals surface area contributed by atoms with Crippen LogP contribution in [0.5, 0.6) is 0 Å². The van der Waals surface area contributed by atoms with Crippen molar-refractivity contribution >= 4 is 5.91 Å². The van der Waals surface area contributed by atoms with Crippen molar-refractivity contribution in [3.8, 4) is 0 Å². The van der Waals surface area contributed by atoms with E-state index in [2.05, 4.69) is 6.58 Å². The van der Waals surface area contributed by atoms with Crippen molar-refractivity contribution in [2.24, 2.45) is 5.92 Å². The quantitative estimate of drug-likeness (QED) is 0.751. The fraction of sp³-hybridized carbons (Fsp3) is 0.611. The van der Waals surface area contributed by atoms with Gasteiger partial charge < -0.3 is 19.6 Å². The van der Waals surface area contributed by atoms with Gasteiger partial charge in [-0.05, 0) is 25.3 Å². The zero-order valence-electron chi connectivity index (χ0n) is 14.1. The summed E-state index contributed by atoms with van der Waals surface area (Å²) in [7, 11) is 0. The average Bonchev–Trinajstić information content (AvgIpc) is 2.62. The Bertz CT molecular complexity index is 490. The third kappa shape index (κ3) is 5.18. The molecule has 0 radical (unpaired) electrons. The maximum absolute atomic E-state index is 13.7. The van der Waals surface area contributed by atoms with Gasteiger partial charge in [0.05, 0.1) is 18.9 Å². The molecule has 5 nitrogen and oxygen atoms in total. The third-order valence-electron chi connectivity index (χ3n) is 4.47. The molecule has 0 aromatic heterocycles. The number of amides is 1. The number of hydrogen-bond donors (Lipinski definition) is 1. The molecule has 0 bridgehead atoms. The van der Waals surface area contributed by atoms with Crippen LogP contribution in [0.1, 0.15) is 19.3 Å². The topological polar surface area (TPSA) is 53.0 Å². The van der Waals surface area contributed by atoms with Gasteiger partial charge in [-0.25, -0.2) is 4.39 Å². The van der Waals surface area contributed by atoms with Gasteiger partial charge in [0.2, 0.25) is 5.91 Å². The Morgan fingerprint density at radius 1 is 1.21 bits per heavy atom. The van der Waals surface area contributed by atoms with E-state index in [1.807, 2.05) is 9.80 Å². The lowest BCUT2D eigenvalue weighted by atomic mass is 9.94. The first-order valence-electron chi connectivity index (χ1n) is 8.57. The van der Waals surface area contributed by atoms with E-state index in [-0.39, 0.29) is 18.4 Å². The predicted octanol–water partition coefficient (Wildman–Crippen LogP) is 1.86. The molecule has 2 heterocycles. The maximum atomic E-state index is 13.7. The molecule has 134 valence electrons. The van der Waals surface area contributed by atoms with E-state index < -0.39 is 5.83 Å². The van der Waals surface area contributed by atoms with Gasteiger partial charge in [-0.15, -0.1) is 0 Å². The number of halogens is 1. The number of aliphatic hydroxyl groups is 1. The first-order chi connectivity index (χ1) is 11.6. The van der Waals surface area contributed by atoms with E-state index in [0.717, 1.165) is 12.8 Å². The summed E-state index contributed by atoms with van der Waals surface area (Å²) in [6.45, 7) is 7.32. The molecule has 0 aliphatic carbocycles. The Morgan fingerprint density at radius 2 is 1.88 bits per heavy atom. The Kier molecular flexibility index (Phi) is 7.46. The molecule has 0 unspecified atom stereocenters. The molecule has 0 aromatic carbocycles. The van der Waals surface area contributed by atoms with E-state index in [0.29, 0.717) is 51.5 Å². The molecule has 2 aliphatic heterocycles. The SMILES string of the molecule is C=C(F)/C(=C\C=C/CCO)N1CCC(C(=O)N2CCOCC2)CC1. The van der Waals surface area contributed by atoms with Crippen LogP contribution in [0.3, 0.4) is 0 Å². The van der Waals surface area contributed by atoms with Gasteiger partial charge in [0.1, 0.15) is 5.83 Å². The molecule has 0 aromatic rings. The van der Waals surface area contributed by atoms with Crippen molar-refractivity contribution in [1.82, 2.24) is 9.80 Å². The van der Waals surface area contributed by atoms with E-state index >= 15 is 0 Å². The zero-order chi connectivity index (χ0) is 17.4. The summed E-state index contributed by atoms with van der Waals surface area (Å²) in [6.07, 6.45) is 7.20. The first kappa shape index (κ1) is 18.7. The second-order valence-corrected chi connectivity index (χ2v) is 6.10. The maximum Gasteiger partial charge on any atom is 0.225 e. The van der Waals surface area contributed by atoms with Crippen LogP contribution in [0.15, 0.2) is 36.3 Å². The van der Waals surface area contributed by atoms with Gasteiger partial charge in [0.25, 0.3) is 0 Å². The first-order valence-corrected chi connectivity index (χ1v) is 8.57. The minimum Gasteiger partial charge on any atom is -0.396 e. The van der Waals surface area contributed by atoms with Crippen LogP contribution in [0, 0.1) is 5.92 Å². The van der Waals surface area contributed by atoms with Crippen LogP contribution < -0.4 is 0 Å². The highest BCUT2D eigenvalue weighted by Gasteiger charge is 2.30. The monoisotopic (exact) mass is 338 g/mol. The summed E-state index contributed by atoms with van der Waals surface area (Å²) in [5, 5.41) is 8.76. The van der Waals surface area contributed by atoms with Crippen LogP contribution in [0.4, 0.5) is 4.39 Å². The Morgan fingerprint density at radius 3 is 2.46 bits per heavy atom. The van der Waals surface area contributed by atoms with Crippen molar-refractivity contribution in [3.05, 3.63) is 36.3 Å². The molecule has 2 aliphatic rings. The van der Waals surface area contributed by atoms with Crippen LogP contribution in [0.2, 0.25) is 0 Å². The Hall–Kier alpha value is -1.66. The molecule has 6 heteroatoms. The number of likely N-dealkylation sites (tertiary alicyclic amines) is 1. The van der Waals surface area contributed by atoms with Crippen LogP contribution in [0.25, 0.3) is 0 Å². The molecule has 0 spiro atoms. The van der Waals surface area contributed by atoms with Crippen LogP contribution in [-0.4, -0.2) is 66.8 Å². The summed E-state index contributed by atoms with van der Waals surface area (Å²) < 4.78 is 19.0. The van der Waals surface area contributed by atoms with Crippen molar-refractivity contribution in [3.63, 3.8) is 0 Å². The number of nitrogens with zero attached hydrogens (tertiary/aromatic N) is 2. The van der Waals surface area contributed by atoms with Crippen molar-refractivity contribution in [1.29, 1.82) is 0 Å². The van der Waals surface area contributed by atoms with E-state index in [4.69, 9.17) is 9.84 Å². The molecule has 24 heavy (non-hydrogen) atoms. The summed E-state index contributed by atoms with van der Waals surface area (Å²) in [6, 6.07) is 0. The van der Waals surface area contributed by atoms with Gasteiger partial charge in [0.15, 0.2) is 0 Å². The molecule has 0 saturated carbocycles. The lowest BCUT2D eigenvalue weighted by Gasteiger charge is -2.37. The van der Waals surface area contributed by atoms with Crippen LogP contribution >= 0.6 is 0 Å². The van der Waals surface area contributed by atoms with Crippen molar-refractivity contribution in [2.75, 3.05) is 46.0 Å². The number of rotatable bonds is 6. The van der Waals surface area contributed by atoms with Gasteiger partial charge in [-0.3, -0.25) is 4.79 Å². The number of aliphatic hydroxyl groups excluding tert-OH is 1. The fourth-order valence-electron chi connectivity index (χ4n) is 3.11. The second kappa shape index (κ2) is 9.59. The molecule has 0 atom stereocenters. The highest BCUT2D eigenvalue weighted by Crippen LogP contribution is 2.25. The third-order valence-corrected chi connectivity index (χ3v) is 4.47. The minimum atomic E-state index is -0.471. The molecule has 1 amide bonds. The van der Waals surface area contributed by atoms with Crippen molar-refractivity contribution < 1.29 is 19.0 Å². The van der Waals surface area contributed by atoms with Crippen molar-refractivity contribution in [2.45, 2.75) is 19.3 Å². The summed E-state index contributed by atoms with van der Waals surface area (Å²) in [5.41, 5.74) is 0.460. The van der Waals surface area contributed by atoms with Gasteiger partial charge in [-0.1, -0.05) is 18.7 Å². The lowest BCUT2D eigenvalue weighted by molar-refractivity contribution is -0.141. The highest BCUT2D eigenvalue weighted by atomic mass is 19.1. The fourth-order valence-corrected chi connectivity index (χ4v) is 3.11. The molecular formula is C18H27FN2O3. The van der Waals surface area contributed by atoms with Gasteiger partial charge in [0, 0.05) is 38.7 Å². The number of carbonyl (C=O) groups excluding carboxylic acids is 1. The molecule has 2 rings (SSSR count). The zero-order valence-corrected chi connectivity index (χ0v) is 14.1. The highest BCUT2D eigenvalue weighted by molar-refractivity contribution is 5.79. The number of morpholine rings is 1. The molecule has 1 N–H and O–H groups in total. The second-order valence-electron chi connectivity index (χ2n) is 6.10. The van der Waals surface area contributed by atoms with E-state index in [1.165, 1.54) is 0 Å². The van der Waals surface area contributed by atoms with E-state index in [9.17, 15) is 9.18 Å². The number of ether oxygens (including phenoxy) is 1. The standard InChI is InChI=1S/C18H27FN2O3/c1-15(19)17(5-3-2-4-12-22)20-8-6-16(7-9-20)18(23)21-10-13-24-14-11-21/h2-3,5,16,22H,1,4,6-14H2/b3-2-,17-5+. The van der Waals surface area contributed by atoms with Gasteiger partial charge in [-0.2, -0.15) is 0 Å². The largest absolute Gasteiger partial charge is 0.396 e. The van der Waals surface area contributed by atoms with E-state index in [1.54, 1.807) is 18.2 Å². The minimum absolute atomic E-state index is 0.0124. The van der Waals surface area contributed by atoms with Gasteiger partial charge >= 0.3 is 0 Å². The predicted molar refractivity (Wildman–Crippen MR) is 90.9 cm³/mol. The smallest absolute Gasteiger partial charge is 0.225 e. The molecular weight excluding hydrogens is 311 g/mol. The number of carbonyl (C=O) groups is 1. The number of hydrogen-bond acceptors (Lipinski definition) is 4. The lowest BCUT2D eigenvalue weighted by Crippen LogP contribution is -2.46. The average molecular weight is 338 g/mol.